The standard InChI is InChI=1S/C20H22N4O3/c1-3-27-17-10-6-15(7-11-17)18(21)12-19(22-2)20(26)24-23-13-14-4-8-16(25)9-5-14/h4-13,25H,3,21H2,1-2H3,(H,24,26)/b18-12?,22-19?,23-13+. The molecule has 0 heterocycles. The Hall–Kier alpha value is -3.61. The molecular weight excluding hydrogens is 344 g/mol. The number of nitrogens with one attached hydrogen (secondary N) is 1. The maximum absolute atomic E-state index is 12.2. The van der Waals surface area contributed by atoms with Gasteiger partial charge < -0.3 is 15.6 Å². The normalized spacial score (nSPS) is 12.2. The SMILES string of the molecule is CCOc1ccc(C(N)=CC(=NC)C(=O)N/N=C/c2ccc(O)cc2)cc1. The van der Waals surface area contributed by atoms with Crippen LogP contribution in [0.2, 0.25) is 0 Å². The highest BCUT2D eigenvalue weighted by Gasteiger charge is 2.08. The molecule has 0 spiro atoms. The summed E-state index contributed by atoms with van der Waals surface area (Å²) >= 11 is 0. The van der Waals surface area contributed by atoms with E-state index < -0.39 is 5.91 Å². The average molecular weight is 366 g/mol. The molecule has 0 fully saturated rings. The number of aromatic hydroxyl groups is 1. The lowest BCUT2D eigenvalue weighted by atomic mass is 10.1. The molecule has 2 aromatic carbocycles. The van der Waals surface area contributed by atoms with Gasteiger partial charge >= 0.3 is 0 Å². The number of benzene rings is 2. The Morgan fingerprint density at radius 2 is 1.85 bits per heavy atom. The molecule has 4 N–H and O–H groups in total. The molecule has 7 nitrogen and oxygen atoms in total. The number of rotatable bonds is 7. The van der Waals surface area contributed by atoms with Crippen molar-refractivity contribution in [1.82, 2.24) is 5.43 Å². The summed E-state index contributed by atoms with van der Waals surface area (Å²) in [5.74, 6) is 0.424. The quantitative estimate of drug-likeness (QED) is 0.516. The maximum atomic E-state index is 12.2. The van der Waals surface area contributed by atoms with Gasteiger partial charge in [0.15, 0.2) is 0 Å². The summed E-state index contributed by atoms with van der Waals surface area (Å²) < 4.78 is 5.39. The number of hydrogen-bond acceptors (Lipinski definition) is 6. The van der Waals surface area contributed by atoms with Crippen molar-refractivity contribution in [2.24, 2.45) is 15.8 Å². The van der Waals surface area contributed by atoms with E-state index in [0.717, 1.165) is 16.9 Å². The smallest absolute Gasteiger partial charge is 0.289 e. The summed E-state index contributed by atoms with van der Waals surface area (Å²) in [5.41, 5.74) is 10.5. The Labute approximate surface area is 157 Å². The van der Waals surface area contributed by atoms with Gasteiger partial charge in [-0.05, 0) is 72.7 Å². The van der Waals surface area contributed by atoms with Gasteiger partial charge in [-0.2, -0.15) is 5.10 Å². The summed E-state index contributed by atoms with van der Waals surface area (Å²) in [7, 11) is 1.50. The van der Waals surface area contributed by atoms with Crippen molar-refractivity contribution in [2.45, 2.75) is 6.92 Å². The van der Waals surface area contributed by atoms with Crippen molar-refractivity contribution in [2.75, 3.05) is 13.7 Å². The van der Waals surface area contributed by atoms with Gasteiger partial charge in [-0.15, -0.1) is 0 Å². The average Bonchev–Trinajstić information content (AvgIpc) is 2.68. The van der Waals surface area contributed by atoms with Gasteiger partial charge in [0.2, 0.25) is 0 Å². The first-order chi connectivity index (χ1) is 13.0. The van der Waals surface area contributed by atoms with Crippen LogP contribution in [0.4, 0.5) is 0 Å². The highest BCUT2D eigenvalue weighted by atomic mass is 16.5. The molecule has 0 saturated carbocycles. The van der Waals surface area contributed by atoms with Gasteiger partial charge in [0.05, 0.1) is 12.8 Å². The predicted octanol–water partition coefficient (Wildman–Crippen LogP) is 2.31. The van der Waals surface area contributed by atoms with E-state index in [0.29, 0.717) is 12.3 Å². The molecule has 7 heteroatoms. The fraction of sp³-hybridized carbons (Fsp3) is 0.150. The number of amides is 1. The second-order valence-electron chi connectivity index (χ2n) is 5.46. The van der Waals surface area contributed by atoms with Gasteiger partial charge in [0.25, 0.3) is 5.91 Å². The zero-order chi connectivity index (χ0) is 19.6. The topological polar surface area (TPSA) is 109 Å². The summed E-state index contributed by atoms with van der Waals surface area (Å²) in [6.07, 6.45) is 2.95. The summed E-state index contributed by atoms with van der Waals surface area (Å²) in [6.45, 7) is 2.50. The molecule has 0 unspecified atom stereocenters. The molecule has 1 amide bonds. The van der Waals surface area contributed by atoms with E-state index in [1.54, 1.807) is 12.1 Å². The number of phenolic OH excluding ortho intramolecular Hbond substituents is 1. The number of nitrogens with zero attached hydrogens (tertiary/aromatic N) is 2. The lowest BCUT2D eigenvalue weighted by Crippen LogP contribution is -2.26. The molecule has 2 aromatic rings. The highest BCUT2D eigenvalue weighted by molar-refractivity contribution is 6.44. The Morgan fingerprint density at radius 3 is 2.44 bits per heavy atom. The van der Waals surface area contributed by atoms with Crippen LogP contribution >= 0.6 is 0 Å². The van der Waals surface area contributed by atoms with Gasteiger partial charge in [-0.25, -0.2) is 5.43 Å². The zero-order valence-electron chi connectivity index (χ0n) is 15.2. The van der Waals surface area contributed by atoms with Crippen molar-refractivity contribution in [3.8, 4) is 11.5 Å². The fourth-order valence-electron chi connectivity index (χ4n) is 2.16. The molecule has 0 bridgehead atoms. The Morgan fingerprint density at radius 1 is 1.19 bits per heavy atom. The van der Waals surface area contributed by atoms with Crippen LogP contribution in [0, 0.1) is 0 Å². The molecule has 140 valence electrons. The third-order valence-corrected chi connectivity index (χ3v) is 3.54. The van der Waals surface area contributed by atoms with E-state index in [-0.39, 0.29) is 11.5 Å². The summed E-state index contributed by atoms with van der Waals surface area (Å²) in [5, 5.41) is 13.1. The third kappa shape index (κ3) is 6.00. The van der Waals surface area contributed by atoms with Gasteiger partial charge in [0, 0.05) is 12.7 Å². The monoisotopic (exact) mass is 366 g/mol. The molecule has 0 aromatic heterocycles. The van der Waals surface area contributed by atoms with Gasteiger partial charge in [-0.1, -0.05) is 0 Å². The van der Waals surface area contributed by atoms with Crippen molar-refractivity contribution in [1.29, 1.82) is 0 Å². The summed E-state index contributed by atoms with van der Waals surface area (Å²) in [6, 6.07) is 13.6. The second-order valence-corrected chi connectivity index (χ2v) is 5.46. The number of nitrogens with two attached hydrogens (primary N) is 1. The van der Waals surface area contributed by atoms with E-state index in [1.165, 1.54) is 31.5 Å². The minimum Gasteiger partial charge on any atom is -0.508 e. The lowest BCUT2D eigenvalue weighted by molar-refractivity contribution is -0.114. The fourth-order valence-corrected chi connectivity index (χ4v) is 2.16. The zero-order valence-corrected chi connectivity index (χ0v) is 15.2. The number of phenols is 1. The van der Waals surface area contributed by atoms with Gasteiger partial charge in [-0.3, -0.25) is 9.79 Å². The predicted molar refractivity (Wildman–Crippen MR) is 107 cm³/mol. The first kappa shape index (κ1) is 19.7. The number of hydrogen-bond donors (Lipinski definition) is 3. The first-order valence-corrected chi connectivity index (χ1v) is 8.33. The summed E-state index contributed by atoms with van der Waals surface area (Å²) in [4.78, 5) is 16.2. The van der Waals surface area contributed by atoms with Crippen LogP contribution in [0.15, 0.2) is 64.7 Å². The van der Waals surface area contributed by atoms with Crippen molar-refractivity contribution >= 4 is 23.5 Å². The van der Waals surface area contributed by atoms with E-state index in [9.17, 15) is 9.90 Å². The first-order valence-electron chi connectivity index (χ1n) is 8.33. The number of hydrazone groups is 1. The molecule has 0 aliphatic rings. The minimum absolute atomic E-state index is 0.143. The number of carbonyl (C=O) groups excluding carboxylic acids is 1. The van der Waals surface area contributed by atoms with Crippen LogP contribution in [0.3, 0.4) is 0 Å². The molecule has 0 radical (unpaired) electrons. The van der Waals surface area contributed by atoms with Crippen LogP contribution in [0.1, 0.15) is 18.1 Å². The van der Waals surface area contributed by atoms with Crippen LogP contribution < -0.4 is 15.9 Å². The van der Waals surface area contributed by atoms with Crippen molar-refractivity contribution < 1.29 is 14.6 Å². The van der Waals surface area contributed by atoms with Crippen molar-refractivity contribution in [3.05, 3.63) is 65.7 Å². The lowest BCUT2D eigenvalue weighted by Gasteiger charge is -2.06. The van der Waals surface area contributed by atoms with Gasteiger partial charge in [0.1, 0.15) is 17.2 Å². The highest BCUT2D eigenvalue weighted by Crippen LogP contribution is 2.16. The van der Waals surface area contributed by atoms with Crippen molar-refractivity contribution in [3.63, 3.8) is 0 Å². The van der Waals surface area contributed by atoms with E-state index in [1.807, 2.05) is 31.2 Å². The molecule has 27 heavy (non-hydrogen) atoms. The second kappa shape index (κ2) is 9.76. The number of carbonyl (C=O) groups is 1. The molecule has 0 atom stereocenters. The van der Waals surface area contributed by atoms with E-state index in [2.05, 4.69) is 15.5 Å². The van der Waals surface area contributed by atoms with Crippen LogP contribution in [0.5, 0.6) is 11.5 Å². The molecule has 0 aliphatic heterocycles. The number of ether oxygens (including phenoxy) is 1. The Balaban J connectivity index is 2.02. The molecule has 2 rings (SSSR count). The Bertz CT molecular complexity index is 854. The molecular formula is C20H22N4O3. The van der Waals surface area contributed by atoms with Crippen LogP contribution in [-0.4, -0.2) is 36.6 Å². The van der Waals surface area contributed by atoms with Crippen LogP contribution in [-0.2, 0) is 4.79 Å². The van der Waals surface area contributed by atoms with Crippen LogP contribution in [0.25, 0.3) is 5.70 Å². The Kier molecular flexibility index (Phi) is 7.13. The number of aliphatic imine (C=N–C) groups is 1. The van der Waals surface area contributed by atoms with E-state index >= 15 is 0 Å². The largest absolute Gasteiger partial charge is 0.508 e. The van der Waals surface area contributed by atoms with E-state index in [4.69, 9.17) is 10.5 Å². The maximum Gasteiger partial charge on any atom is 0.289 e. The molecule has 0 saturated heterocycles. The molecule has 0 aliphatic carbocycles. The minimum atomic E-state index is -0.485. The third-order valence-electron chi connectivity index (χ3n) is 3.54.